The van der Waals surface area contributed by atoms with Gasteiger partial charge in [-0.1, -0.05) is 81.1 Å². The average molecular weight is 381 g/mol. The van der Waals surface area contributed by atoms with Crippen LogP contribution in [0.4, 0.5) is 4.79 Å². The third-order valence-corrected chi connectivity index (χ3v) is 5.28. The van der Waals surface area contributed by atoms with E-state index in [-0.39, 0.29) is 12.5 Å². The second-order valence-corrected chi connectivity index (χ2v) is 7.21. The van der Waals surface area contributed by atoms with Gasteiger partial charge in [0.05, 0.1) is 0 Å². The highest BCUT2D eigenvalue weighted by Gasteiger charge is 2.29. The predicted molar refractivity (Wildman–Crippen MR) is 108 cm³/mol. The third-order valence-electron chi connectivity index (χ3n) is 5.28. The number of nitrogens with one attached hydrogen (secondary N) is 1. The fourth-order valence-electron chi connectivity index (χ4n) is 3.81. The Hall–Kier alpha value is -2.82. The number of alkyl carbamates (subject to hydrolysis) is 1. The standard InChI is InChI=1S/C23H27NO4/c1-2-3-4-5-14-21(22(25)26)24-23(27)28-15-20-18-12-8-6-10-16(18)17-11-7-9-13-19(17)20/h6-13,20-21H,2-5,14-15H2,1H3,(H,24,27)(H,25,26)/t21-/m0/s1. The number of hydrogen-bond acceptors (Lipinski definition) is 3. The molecule has 1 aliphatic carbocycles. The Morgan fingerprint density at radius 1 is 1.00 bits per heavy atom. The van der Waals surface area contributed by atoms with Crippen LogP contribution < -0.4 is 5.32 Å². The van der Waals surface area contributed by atoms with Crippen molar-refractivity contribution >= 4 is 12.1 Å². The van der Waals surface area contributed by atoms with Crippen LogP contribution in [-0.4, -0.2) is 29.8 Å². The Labute approximate surface area is 165 Å². The molecule has 28 heavy (non-hydrogen) atoms. The van der Waals surface area contributed by atoms with E-state index in [0.29, 0.717) is 6.42 Å². The summed E-state index contributed by atoms with van der Waals surface area (Å²) in [6.07, 6.45) is 3.62. The molecule has 0 fully saturated rings. The highest BCUT2D eigenvalue weighted by molar-refractivity contribution is 5.81. The van der Waals surface area contributed by atoms with Gasteiger partial charge in [0.2, 0.25) is 0 Å². The van der Waals surface area contributed by atoms with E-state index in [4.69, 9.17) is 4.74 Å². The number of unbranched alkanes of at least 4 members (excludes halogenated alkanes) is 3. The van der Waals surface area contributed by atoms with Gasteiger partial charge >= 0.3 is 12.1 Å². The molecular formula is C23H27NO4. The van der Waals surface area contributed by atoms with Gasteiger partial charge in [0.1, 0.15) is 12.6 Å². The van der Waals surface area contributed by atoms with E-state index in [0.717, 1.165) is 47.9 Å². The quantitative estimate of drug-likeness (QED) is 0.603. The Kier molecular flexibility index (Phi) is 6.69. The monoisotopic (exact) mass is 381 g/mol. The second kappa shape index (κ2) is 9.40. The van der Waals surface area contributed by atoms with Gasteiger partial charge in [0.25, 0.3) is 0 Å². The first-order valence-electron chi connectivity index (χ1n) is 9.96. The molecule has 0 unspecified atom stereocenters. The molecule has 0 saturated heterocycles. The molecule has 1 aliphatic rings. The lowest BCUT2D eigenvalue weighted by atomic mass is 9.98. The number of carbonyl (C=O) groups is 2. The number of fused-ring (bicyclic) bond motifs is 3. The van der Waals surface area contributed by atoms with Crippen molar-refractivity contribution in [1.82, 2.24) is 5.32 Å². The van der Waals surface area contributed by atoms with Crippen LogP contribution in [0.5, 0.6) is 0 Å². The van der Waals surface area contributed by atoms with E-state index in [9.17, 15) is 14.7 Å². The Morgan fingerprint density at radius 3 is 2.18 bits per heavy atom. The van der Waals surface area contributed by atoms with Gasteiger partial charge in [0.15, 0.2) is 0 Å². The van der Waals surface area contributed by atoms with Gasteiger partial charge in [-0.15, -0.1) is 0 Å². The molecule has 2 N–H and O–H groups in total. The first-order chi connectivity index (χ1) is 13.6. The molecule has 0 saturated carbocycles. The molecule has 0 aliphatic heterocycles. The molecule has 1 amide bonds. The Morgan fingerprint density at radius 2 is 1.61 bits per heavy atom. The Balaban J connectivity index is 1.60. The van der Waals surface area contributed by atoms with Gasteiger partial charge in [-0.3, -0.25) is 0 Å². The smallest absolute Gasteiger partial charge is 0.407 e. The number of carboxylic acids is 1. The lowest BCUT2D eigenvalue weighted by Crippen LogP contribution is -2.41. The summed E-state index contributed by atoms with van der Waals surface area (Å²) < 4.78 is 5.43. The highest BCUT2D eigenvalue weighted by atomic mass is 16.5. The van der Waals surface area contributed by atoms with Crippen molar-refractivity contribution in [3.05, 3.63) is 59.7 Å². The van der Waals surface area contributed by atoms with E-state index in [1.54, 1.807) is 0 Å². The number of carboxylic acid groups (broad SMARTS) is 1. The molecule has 0 radical (unpaired) electrons. The van der Waals surface area contributed by atoms with Crippen molar-refractivity contribution in [2.24, 2.45) is 0 Å². The second-order valence-electron chi connectivity index (χ2n) is 7.21. The van der Waals surface area contributed by atoms with E-state index in [2.05, 4.69) is 36.5 Å². The van der Waals surface area contributed by atoms with Crippen molar-refractivity contribution < 1.29 is 19.4 Å². The first kappa shape index (κ1) is 19.9. The molecule has 2 aromatic rings. The minimum atomic E-state index is -1.02. The molecule has 0 heterocycles. The summed E-state index contributed by atoms with van der Waals surface area (Å²) in [5, 5.41) is 11.9. The normalized spacial score (nSPS) is 13.5. The number of rotatable bonds is 9. The number of benzene rings is 2. The van der Waals surface area contributed by atoms with Crippen molar-refractivity contribution in [2.45, 2.75) is 51.0 Å². The summed E-state index contributed by atoms with van der Waals surface area (Å²) >= 11 is 0. The zero-order valence-electron chi connectivity index (χ0n) is 16.2. The lowest BCUT2D eigenvalue weighted by Gasteiger charge is -2.17. The summed E-state index contributed by atoms with van der Waals surface area (Å²) in [6.45, 7) is 2.28. The largest absolute Gasteiger partial charge is 0.480 e. The zero-order valence-corrected chi connectivity index (χ0v) is 16.2. The van der Waals surface area contributed by atoms with Crippen LogP contribution in [0.2, 0.25) is 0 Å². The van der Waals surface area contributed by atoms with Crippen LogP contribution in [0.25, 0.3) is 11.1 Å². The van der Waals surface area contributed by atoms with Crippen LogP contribution in [0.3, 0.4) is 0 Å². The van der Waals surface area contributed by atoms with Crippen LogP contribution in [0.1, 0.15) is 56.1 Å². The highest BCUT2D eigenvalue weighted by Crippen LogP contribution is 2.44. The van der Waals surface area contributed by atoms with Crippen LogP contribution in [-0.2, 0) is 9.53 Å². The van der Waals surface area contributed by atoms with Crippen LogP contribution in [0, 0.1) is 0 Å². The zero-order chi connectivity index (χ0) is 19.9. The summed E-state index contributed by atoms with van der Waals surface area (Å²) in [6, 6.07) is 15.3. The van der Waals surface area contributed by atoms with Gasteiger partial charge < -0.3 is 15.2 Å². The van der Waals surface area contributed by atoms with E-state index >= 15 is 0 Å². The summed E-state index contributed by atoms with van der Waals surface area (Å²) in [7, 11) is 0. The van der Waals surface area contributed by atoms with Gasteiger partial charge in [-0.05, 0) is 28.7 Å². The van der Waals surface area contributed by atoms with Gasteiger partial charge in [-0.2, -0.15) is 0 Å². The topological polar surface area (TPSA) is 75.6 Å². The number of aliphatic carboxylic acids is 1. The fraction of sp³-hybridized carbons (Fsp3) is 0.391. The van der Waals surface area contributed by atoms with E-state index in [1.807, 2.05) is 24.3 Å². The van der Waals surface area contributed by atoms with Crippen molar-refractivity contribution in [1.29, 1.82) is 0 Å². The maximum Gasteiger partial charge on any atom is 0.407 e. The number of amides is 1. The molecule has 0 spiro atoms. The summed E-state index contributed by atoms with van der Waals surface area (Å²) in [5.41, 5.74) is 4.58. The molecule has 1 atom stereocenters. The van der Waals surface area contributed by atoms with Crippen molar-refractivity contribution in [3.63, 3.8) is 0 Å². The Bertz CT molecular complexity index is 787. The first-order valence-corrected chi connectivity index (χ1v) is 9.96. The maximum absolute atomic E-state index is 12.2. The predicted octanol–water partition coefficient (Wildman–Crippen LogP) is 4.95. The SMILES string of the molecule is CCCCCC[C@H](NC(=O)OCC1c2ccccc2-c2ccccc21)C(=O)O. The molecular weight excluding hydrogens is 354 g/mol. The maximum atomic E-state index is 12.2. The molecule has 0 aromatic heterocycles. The van der Waals surface area contributed by atoms with Gasteiger partial charge in [0, 0.05) is 5.92 Å². The molecule has 2 aromatic carbocycles. The number of carbonyl (C=O) groups excluding carboxylic acids is 1. The van der Waals surface area contributed by atoms with Gasteiger partial charge in [-0.25, -0.2) is 9.59 Å². The number of ether oxygens (including phenoxy) is 1. The summed E-state index contributed by atoms with van der Waals surface area (Å²) in [4.78, 5) is 23.6. The molecule has 0 bridgehead atoms. The van der Waals surface area contributed by atoms with Crippen molar-refractivity contribution in [3.8, 4) is 11.1 Å². The fourth-order valence-corrected chi connectivity index (χ4v) is 3.81. The minimum Gasteiger partial charge on any atom is -0.480 e. The average Bonchev–Trinajstić information content (AvgIpc) is 3.02. The summed E-state index contributed by atoms with van der Waals surface area (Å²) in [5.74, 6) is -1.06. The molecule has 5 nitrogen and oxygen atoms in total. The third kappa shape index (κ3) is 4.53. The van der Waals surface area contributed by atoms with E-state index < -0.39 is 18.1 Å². The number of hydrogen-bond donors (Lipinski definition) is 2. The van der Waals surface area contributed by atoms with Crippen molar-refractivity contribution in [2.75, 3.05) is 6.61 Å². The lowest BCUT2D eigenvalue weighted by molar-refractivity contribution is -0.139. The molecule has 3 rings (SSSR count). The molecule has 5 heteroatoms. The van der Waals surface area contributed by atoms with E-state index in [1.165, 1.54) is 0 Å². The molecule has 148 valence electrons. The van der Waals surface area contributed by atoms with Crippen LogP contribution >= 0.6 is 0 Å². The minimum absolute atomic E-state index is 0.0361. The van der Waals surface area contributed by atoms with Crippen LogP contribution in [0.15, 0.2) is 48.5 Å².